The zero-order valence-corrected chi connectivity index (χ0v) is 10.7. The third-order valence-corrected chi connectivity index (χ3v) is 3.22. The number of sulfonamides is 1. The number of anilines is 2. The summed E-state index contributed by atoms with van der Waals surface area (Å²) in [5.74, 6) is 0. The summed E-state index contributed by atoms with van der Waals surface area (Å²) >= 11 is 0. The van der Waals surface area contributed by atoms with E-state index in [0.717, 1.165) is 6.07 Å². The van der Waals surface area contributed by atoms with Gasteiger partial charge in [0.25, 0.3) is 0 Å². The van der Waals surface area contributed by atoms with Crippen molar-refractivity contribution in [3.8, 4) is 0 Å². The van der Waals surface area contributed by atoms with E-state index in [9.17, 15) is 21.6 Å². The van der Waals surface area contributed by atoms with Crippen LogP contribution in [0.3, 0.4) is 0 Å². The highest BCUT2D eigenvalue weighted by Gasteiger charge is 2.25. The van der Waals surface area contributed by atoms with Crippen molar-refractivity contribution in [3.05, 3.63) is 18.2 Å². The van der Waals surface area contributed by atoms with Crippen LogP contribution in [0, 0.1) is 0 Å². The summed E-state index contributed by atoms with van der Waals surface area (Å²) in [6.07, 6.45) is -5.18. The normalized spacial score (nSPS) is 12.4. The molecule has 0 unspecified atom stereocenters. The third-order valence-electron chi connectivity index (χ3n) is 2.30. The van der Waals surface area contributed by atoms with E-state index < -0.39 is 22.6 Å². The Labute approximate surface area is 108 Å². The second-order valence-electron chi connectivity index (χ2n) is 3.94. The Morgan fingerprint density at radius 1 is 1.26 bits per heavy atom. The summed E-state index contributed by atoms with van der Waals surface area (Å²) < 4.78 is 57.8. The van der Waals surface area contributed by atoms with E-state index in [-0.39, 0.29) is 23.5 Å². The van der Waals surface area contributed by atoms with E-state index in [4.69, 9.17) is 10.9 Å². The van der Waals surface area contributed by atoms with E-state index in [1.807, 2.05) is 0 Å². The Morgan fingerprint density at radius 3 is 2.37 bits per heavy atom. The first kappa shape index (κ1) is 15.6. The summed E-state index contributed by atoms with van der Waals surface area (Å²) in [7, 11) is -3.84. The summed E-state index contributed by atoms with van der Waals surface area (Å²) in [5, 5.41) is 7.62. The van der Waals surface area contributed by atoms with Crippen LogP contribution >= 0.6 is 0 Å². The fraction of sp³-hybridized carbons (Fsp3) is 0.400. The van der Waals surface area contributed by atoms with E-state index in [1.165, 1.54) is 12.1 Å². The fourth-order valence-electron chi connectivity index (χ4n) is 1.39. The van der Waals surface area contributed by atoms with Crippen molar-refractivity contribution in [3.63, 3.8) is 0 Å². The lowest BCUT2D eigenvalue weighted by Crippen LogP contribution is -2.14. The van der Waals surface area contributed by atoms with Gasteiger partial charge in [-0.3, -0.25) is 0 Å². The van der Waals surface area contributed by atoms with E-state index >= 15 is 0 Å². The van der Waals surface area contributed by atoms with Crippen molar-refractivity contribution >= 4 is 21.4 Å². The first-order valence-electron chi connectivity index (χ1n) is 5.32. The lowest BCUT2D eigenvalue weighted by molar-refractivity contribution is -0.134. The average molecular weight is 297 g/mol. The van der Waals surface area contributed by atoms with E-state index in [2.05, 4.69) is 5.32 Å². The Kier molecular flexibility index (Phi) is 4.64. The van der Waals surface area contributed by atoms with Gasteiger partial charge in [-0.25, -0.2) is 13.6 Å². The Balaban J connectivity index is 2.61. The summed E-state index contributed by atoms with van der Waals surface area (Å²) in [4.78, 5) is -0.147. The van der Waals surface area contributed by atoms with Gasteiger partial charge >= 0.3 is 6.18 Å². The van der Waals surface area contributed by atoms with Crippen molar-refractivity contribution in [2.45, 2.75) is 23.9 Å². The first-order valence-corrected chi connectivity index (χ1v) is 6.87. The molecular weight excluding hydrogens is 283 g/mol. The molecule has 0 aliphatic carbocycles. The van der Waals surface area contributed by atoms with Gasteiger partial charge in [0.15, 0.2) is 0 Å². The van der Waals surface area contributed by atoms with Gasteiger partial charge in [0.2, 0.25) is 10.0 Å². The molecule has 0 aromatic heterocycles. The fourth-order valence-corrected chi connectivity index (χ4v) is 1.94. The molecule has 9 heteroatoms. The van der Waals surface area contributed by atoms with Gasteiger partial charge in [-0.1, -0.05) is 0 Å². The largest absolute Gasteiger partial charge is 0.397 e. The van der Waals surface area contributed by atoms with Gasteiger partial charge in [0.05, 0.1) is 16.3 Å². The minimum Gasteiger partial charge on any atom is -0.397 e. The molecule has 0 radical (unpaired) electrons. The van der Waals surface area contributed by atoms with Gasteiger partial charge in [-0.05, 0) is 24.6 Å². The van der Waals surface area contributed by atoms with E-state index in [1.54, 1.807) is 0 Å². The van der Waals surface area contributed by atoms with Crippen LogP contribution in [0.1, 0.15) is 12.8 Å². The smallest absolute Gasteiger partial charge is 0.389 e. The Hall–Kier alpha value is -1.48. The maximum atomic E-state index is 11.9. The van der Waals surface area contributed by atoms with Crippen LogP contribution in [-0.2, 0) is 10.0 Å². The second kappa shape index (κ2) is 5.66. The number of nitrogens with one attached hydrogen (secondary N) is 1. The summed E-state index contributed by atoms with van der Waals surface area (Å²) in [6.45, 7) is 0.0818. The van der Waals surface area contributed by atoms with Crippen LogP contribution in [0.4, 0.5) is 24.5 Å². The van der Waals surface area contributed by atoms with Gasteiger partial charge in [-0.2, -0.15) is 13.2 Å². The molecule has 0 fully saturated rings. The third kappa shape index (κ3) is 5.35. The number of benzene rings is 1. The molecule has 0 atom stereocenters. The van der Waals surface area contributed by atoms with Crippen LogP contribution in [0.2, 0.25) is 0 Å². The Bertz CT molecular complexity index is 543. The lowest BCUT2D eigenvalue weighted by Gasteiger charge is -2.11. The average Bonchev–Trinajstić information content (AvgIpc) is 2.23. The first-order chi connectivity index (χ1) is 8.59. The maximum Gasteiger partial charge on any atom is 0.389 e. The molecule has 5 nitrogen and oxygen atoms in total. The van der Waals surface area contributed by atoms with Gasteiger partial charge in [-0.15, -0.1) is 0 Å². The molecule has 0 spiro atoms. The molecule has 0 saturated carbocycles. The van der Waals surface area contributed by atoms with Crippen molar-refractivity contribution in [1.29, 1.82) is 0 Å². The molecule has 1 aromatic carbocycles. The molecule has 1 aromatic rings. The lowest BCUT2D eigenvalue weighted by atomic mass is 10.2. The number of hydrogen-bond acceptors (Lipinski definition) is 4. The monoisotopic (exact) mass is 297 g/mol. The van der Waals surface area contributed by atoms with E-state index in [0.29, 0.717) is 5.69 Å². The van der Waals surface area contributed by atoms with Crippen LogP contribution < -0.4 is 16.2 Å². The number of rotatable bonds is 5. The summed E-state index contributed by atoms with van der Waals surface area (Å²) in [5.41, 5.74) is 6.06. The highest BCUT2D eigenvalue weighted by atomic mass is 32.2. The molecule has 1 rings (SSSR count). The van der Waals surface area contributed by atoms with Gasteiger partial charge in [0.1, 0.15) is 0 Å². The van der Waals surface area contributed by atoms with Crippen LogP contribution in [-0.4, -0.2) is 21.1 Å². The highest BCUT2D eigenvalue weighted by molar-refractivity contribution is 7.89. The zero-order chi connectivity index (χ0) is 14.7. The number of nitrogens with two attached hydrogens (primary N) is 2. The minimum absolute atomic E-state index is 0.0818. The predicted molar refractivity (Wildman–Crippen MR) is 66.0 cm³/mol. The highest BCUT2D eigenvalue weighted by Crippen LogP contribution is 2.24. The van der Waals surface area contributed by atoms with Gasteiger partial charge < -0.3 is 11.1 Å². The maximum absolute atomic E-state index is 11.9. The molecule has 0 aliphatic rings. The van der Waals surface area contributed by atoms with Crippen molar-refractivity contribution in [1.82, 2.24) is 0 Å². The van der Waals surface area contributed by atoms with Crippen LogP contribution in [0.5, 0.6) is 0 Å². The number of nitrogen functional groups attached to an aromatic ring is 1. The zero-order valence-electron chi connectivity index (χ0n) is 9.87. The number of primary sulfonamides is 1. The number of hydrogen-bond donors (Lipinski definition) is 3. The van der Waals surface area contributed by atoms with Crippen LogP contribution in [0.25, 0.3) is 0 Å². The minimum atomic E-state index is -4.19. The molecule has 0 amide bonds. The molecule has 108 valence electrons. The molecule has 0 heterocycles. The SMILES string of the molecule is Nc1cc(S(N)(=O)=O)ccc1NCCCC(F)(F)F. The van der Waals surface area contributed by atoms with Crippen LogP contribution in [0.15, 0.2) is 23.1 Å². The molecule has 0 saturated heterocycles. The number of alkyl halides is 3. The molecule has 19 heavy (non-hydrogen) atoms. The molecule has 0 aliphatic heterocycles. The van der Waals surface area contributed by atoms with Crippen molar-refractivity contribution in [2.24, 2.45) is 5.14 Å². The number of halogens is 3. The Morgan fingerprint density at radius 2 is 1.89 bits per heavy atom. The molecular formula is C10H14F3N3O2S. The van der Waals surface area contributed by atoms with Gasteiger partial charge in [0, 0.05) is 13.0 Å². The standard InChI is InChI=1S/C10H14F3N3O2S/c11-10(12,13)4-1-5-16-9-3-2-7(6-8(9)14)19(15,17)18/h2-3,6,16H,1,4-5,14H2,(H2,15,17,18). The topological polar surface area (TPSA) is 98.2 Å². The second-order valence-corrected chi connectivity index (χ2v) is 5.50. The van der Waals surface area contributed by atoms with Crippen molar-refractivity contribution < 1.29 is 21.6 Å². The molecule has 0 bridgehead atoms. The molecule has 5 N–H and O–H groups in total. The van der Waals surface area contributed by atoms with Crippen molar-refractivity contribution in [2.75, 3.05) is 17.6 Å². The quantitative estimate of drug-likeness (QED) is 0.568. The predicted octanol–water partition coefficient (Wildman–Crippen LogP) is 1.67. The summed E-state index contributed by atoms with van der Waals surface area (Å²) in [6, 6.07) is 3.75.